The number of allylic oxidation sites excluding steroid dienone is 1. The van der Waals surface area contributed by atoms with Gasteiger partial charge in [-0.15, -0.1) is 0 Å². The van der Waals surface area contributed by atoms with Crippen LogP contribution in [0.2, 0.25) is 0 Å². The van der Waals surface area contributed by atoms with Gasteiger partial charge in [-0.2, -0.15) is 5.10 Å². The zero-order valence-electron chi connectivity index (χ0n) is 7.88. The molecule has 72 valence electrons. The molecule has 0 saturated heterocycles. The topological polar surface area (TPSA) is 50.2 Å². The highest BCUT2D eigenvalue weighted by atomic mass is 15.3. The fourth-order valence-electron chi connectivity index (χ4n) is 1.60. The van der Waals surface area contributed by atoms with Gasteiger partial charge in [0.2, 0.25) is 0 Å². The third-order valence-electron chi connectivity index (χ3n) is 2.29. The van der Waals surface area contributed by atoms with Crippen LogP contribution >= 0.6 is 0 Å². The van der Waals surface area contributed by atoms with Crippen molar-refractivity contribution >= 4 is 29.0 Å². The van der Waals surface area contributed by atoms with Crippen molar-refractivity contribution in [3.8, 4) is 0 Å². The van der Waals surface area contributed by atoms with E-state index in [2.05, 4.69) is 20.5 Å². The van der Waals surface area contributed by atoms with Crippen LogP contribution in [0.3, 0.4) is 0 Å². The Morgan fingerprint density at radius 2 is 2.00 bits per heavy atom. The second-order valence-corrected chi connectivity index (χ2v) is 3.20. The van der Waals surface area contributed by atoms with Gasteiger partial charge >= 0.3 is 0 Å². The van der Waals surface area contributed by atoms with E-state index in [0.29, 0.717) is 0 Å². The molecule has 2 aromatic rings. The third kappa shape index (κ3) is 1.27. The highest BCUT2D eigenvalue weighted by Crippen LogP contribution is 2.26. The fraction of sp³-hybridized carbons (Fsp3) is 0. The van der Waals surface area contributed by atoms with Gasteiger partial charge in [-0.3, -0.25) is 15.4 Å². The predicted molar refractivity (Wildman–Crippen MR) is 60.7 cm³/mol. The average Bonchev–Trinajstić information content (AvgIpc) is 2.54. The maximum Gasteiger partial charge on any atom is 0.114 e. The zero-order chi connectivity index (χ0) is 10.1. The van der Waals surface area contributed by atoms with Crippen LogP contribution in [0.1, 0.15) is 5.56 Å². The Balaban J connectivity index is 2.38. The molecule has 0 saturated carbocycles. The lowest BCUT2D eigenvalue weighted by molar-refractivity contribution is 1.27. The van der Waals surface area contributed by atoms with Crippen molar-refractivity contribution in [1.29, 1.82) is 0 Å². The minimum atomic E-state index is 0.846. The molecule has 1 N–H and O–H groups in total. The van der Waals surface area contributed by atoms with Crippen molar-refractivity contribution in [2.24, 2.45) is 5.10 Å². The number of fused-ring (bicyclic) bond motifs is 3. The molecular formula is C11H8N4. The van der Waals surface area contributed by atoms with E-state index in [1.165, 1.54) is 0 Å². The molecule has 1 aliphatic heterocycles. The number of hydrazone groups is 1. The van der Waals surface area contributed by atoms with Gasteiger partial charge in [0.15, 0.2) is 0 Å². The van der Waals surface area contributed by atoms with E-state index in [9.17, 15) is 0 Å². The van der Waals surface area contributed by atoms with Crippen molar-refractivity contribution in [3.05, 3.63) is 36.2 Å². The Hall–Kier alpha value is -2.23. The predicted octanol–water partition coefficient (Wildman–Crippen LogP) is 2.05. The number of anilines is 1. The lowest BCUT2D eigenvalue weighted by atomic mass is 10.1. The minimum Gasteiger partial charge on any atom is -0.276 e. The Morgan fingerprint density at radius 3 is 3.00 bits per heavy atom. The molecule has 0 unspecified atom stereocenters. The first-order valence-corrected chi connectivity index (χ1v) is 4.64. The molecule has 15 heavy (non-hydrogen) atoms. The average molecular weight is 196 g/mol. The van der Waals surface area contributed by atoms with Crippen molar-refractivity contribution < 1.29 is 0 Å². The highest BCUT2D eigenvalue weighted by molar-refractivity contribution is 5.95. The number of benzene rings is 1. The summed E-state index contributed by atoms with van der Waals surface area (Å²) < 4.78 is 0. The normalized spacial score (nSPS) is 13.3. The second-order valence-electron chi connectivity index (χ2n) is 3.20. The van der Waals surface area contributed by atoms with Gasteiger partial charge in [0.1, 0.15) is 5.52 Å². The maximum atomic E-state index is 4.30. The molecule has 0 spiro atoms. The summed E-state index contributed by atoms with van der Waals surface area (Å²) in [5.41, 5.74) is 6.67. The first-order valence-electron chi connectivity index (χ1n) is 4.64. The summed E-state index contributed by atoms with van der Waals surface area (Å²) in [6.07, 6.45) is 8.96. The molecule has 0 radical (unpaired) electrons. The number of rotatable bonds is 0. The molecule has 0 amide bonds. The Morgan fingerprint density at radius 1 is 1.07 bits per heavy atom. The molecule has 1 aromatic carbocycles. The van der Waals surface area contributed by atoms with E-state index >= 15 is 0 Å². The Bertz CT molecular complexity index is 572. The van der Waals surface area contributed by atoms with Crippen molar-refractivity contribution in [2.45, 2.75) is 0 Å². The lowest BCUT2D eigenvalue weighted by Gasteiger charge is -2.06. The van der Waals surface area contributed by atoms with Crippen LogP contribution in [0.25, 0.3) is 17.1 Å². The van der Waals surface area contributed by atoms with E-state index < -0.39 is 0 Å². The van der Waals surface area contributed by atoms with E-state index in [1.807, 2.05) is 24.3 Å². The van der Waals surface area contributed by atoms with Crippen LogP contribution in [0.5, 0.6) is 0 Å². The van der Waals surface area contributed by atoms with E-state index in [1.54, 1.807) is 18.6 Å². The Labute approximate surface area is 86.4 Å². The van der Waals surface area contributed by atoms with E-state index in [-0.39, 0.29) is 0 Å². The number of nitrogens with one attached hydrogen (secondary N) is 1. The quantitative estimate of drug-likeness (QED) is 0.701. The monoisotopic (exact) mass is 196 g/mol. The van der Waals surface area contributed by atoms with Gasteiger partial charge in [0.05, 0.1) is 11.2 Å². The number of hydrogen-bond acceptors (Lipinski definition) is 4. The molecule has 1 aromatic heterocycles. The number of hydrogen-bond donors (Lipinski definition) is 1. The molecule has 4 nitrogen and oxygen atoms in total. The van der Waals surface area contributed by atoms with E-state index in [4.69, 9.17) is 0 Å². The maximum absolute atomic E-state index is 4.30. The van der Waals surface area contributed by atoms with Crippen LogP contribution in [0.4, 0.5) is 5.69 Å². The van der Waals surface area contributed by atoms with Crippen LogP contribution < -0.4 is 5.43 Å². The van der Waals surface area contributed by atoms with Crippen molar-refractivity contribution in [1.82, 2.24) is 9.97 Å². The molecule has 4 heteroatoms. The largest absolute Gasteiger partial charge is 0.276 e. The summed E-state index contributed by atoms with van der Waals surface area (Å²) in [5.74, 6) is 0. The van der Waals surface area contributed by atoms with Gasteiger partial charge in [-0.05, 0) is 12.1 Å². The van der Waals surface area contributed by atoms with Gasteiger partial charge in [0, 0.05) is 24.2 Å². The second kappa shape index (κ2) is 3.16. The van der Waals surface area contributed by atoms with Gasteiger partial charge < -0.3 is 0 Å². The van der Waals surface area contributed by atoms with Crippen LogP contribution in [0, 0.1) is 0 Å². The van der Waals surface area contributed by atoms with Crippen LogP contribution in [-0.4, -0.2) is 16.2 Å². The molecule has 2 heterocycles. The molecule has 0 atom stereocenters. The molecule has 3 rings (SSSR count). The fourth-order valence-corrected chi connectivity index (χ4v) is 1.60. The smallest absolute Gasteiger partial charge is 0.114 e. The highest BCUT2D eigenvalue weighted by Gasteiger charge is 2.07. The first-order chi connectivity index (χ1) is 7.45. The molecular weight excluding hydrogens is 188 g/mol. The summed E-state index contributed by atoms with van der Waals surface area (Å²) >= 11 is 0. The number of aromatic nitrogens is 2. The van der Waals surface area contributed by atoms with Gasteiger partial charge in [0.25, 0.3) is 0 Å². The SMILES string of the molecule is C1=Cc2ccc3nccnc3c2NN=C1. The molecule has 0 aliphatic carbocycles. The standard InChI is InChI=1S/C11H8N4/c1-2-8-3-4-9-11(13-7-6-12-9)10(8)15-14-5-1/h1-7,15H. The molecule has 0 fully saturated rings. The van der Waals surface area contributed by atoms with E-state index in [0.717, 1.165) is 22.3 Å². The van der Waals surface area contributed by atoms with Gasteiger partial charge in [-0.25, -0.2) is 0 Å². The molecule has 0 bridgehead atoms. The Kier molecular flexibility index (Phi) is 1.71. The van der Waals surface area contributed by atoms with Crippen molar-refractivity contribution in [3.63, 3.8) is 0 Å². The summed E-state index contributed by atoms with van der Waals surface area (Å²) in [7, 11) is 0. The van der Waals surface area contributed by atoms with Crippen molar-refractivity contribution in [2.75, 3.05) is 5.43 Å². The lowest BCUT2D eigenvalue weighted by Crippen LogP contribution is -1.94. The third-order valence-corrected chi connectivity index (χ3v) is 2.29. The summed E-state index contributed by atoms with van der Waals surface area (Å²) in [6, 6.07) is 3.96. The summed E-state index contributed by atoms with van der Waals surface area (Å²) in [5, 5.41) is 4.03. The number of nitrogens with zero attached hydrogens (tertiary/aromatic N) is 3. The molecule has 1 aliphatic rings. The minimum absolute atomic E-state index is 0.846. The first kappa shape index (κ1) is 8.11. The van der Waals surface area contributed by atoms with Crippen LogP contribution in [0.15, 0.2) is 35.7 Å². The van der Waals surface area contributed by atoms with Gasteiger partial charge in [-0.1, -0.05) is 12.1 Å². The van der Waals surface area contributed by atoms with Crippen LogP contribution in [-0.2, 0) is 0 Å². The zero-order valence-corrected chi connectivity index (χ0v) is 7.88. The summed E-state index contributed by atoms with van der Waals surface area (Å²) in [6.45, 7) is 0. The summed E-state index contributed by atoms with van der Waals surface area (Å²) in [4.78, 5) is 8.54.